The van der Waals surface area contributed by atoms with E-state index >= 15 is 0 Å². The summed E-state index contributed by atoms with van der Waals surface area (Å²) in [6.07, 6.45) is 2.18. The summed E-state index contributed by atoms with van der Waals surface area (Å²) in [4.78, 5) is 0. The Labute approximate surface area is 128 Å². The number of hydrogen-bond donors (Lipinski definition) is 1. The highest BCUT2D eigenvalue weighted by Crippen LogP contribution is 2.26. The Morgan fingerprint density at radius 2 is 1.86 bits per heavy atom. The van der Waals surface area contributed by atoms with Gasteiger partial charge in [-0.15, -0.1) is 0 Å². The lowest BCUT2D eigenvalue weighted by Crippen LogP contribution is -2.13. The van der Waals surface area contributed by atoms with Crippen LogP contribution >= 0.6 is 0 Å². The molecule has 0 aliphatic rings. The average molecular weight is 283 g/mol. The van der Waals surface area contributed by atoms with Gasteiger partial charge in [-0.2, -0.15) is 0 Å². The topological polar surface area (TPSA) is 21.3 Å². The molecule has 21 heavy (non-hydrogen) atoms. The van der Waals surface area contributed by atoms with Crippen LogP contribution in [0.3, 0.4) is 0 Å². The molecule has 0 aliphatic heterocycles. The van der Waals surface area contributed by atoms with Crippen molar-refractivity contribution in [2.75, 3.05) is 6.54 Å². The number of hydrogen-bond acceptors (Lipinski definition) is 2. The fraction of sp³-hybridized carbons (Fsp3) is 0.368. The van der Waals surface area contributed by atoms with E-state index in [1.165, 1.54) is 11.1 Å². The third-order valence-corrected chi connectivity index (χ3v) is 3.54. The minimum atomic E-state index is 0.888. The first-order valence-corrected chi connectivity index (χ1v) is 7.80. The summed E-state index contributed by atoms with van der Waals surface area (Å²) in [6, 6.07) is 14.7. The van der Waals surface area contributed by atoms with E-state index in [1.54, 1.807) is 0 Å². The van der Waals surface area contributed by atoms with Crippen molar-refractivity contribution in [3.63, 3.8) is 0 Å². The van der Waals surface area contributed by atoms with E-state index < -0.39 is 0 Å². The molecule has 0 saturated heterocycles. The third kappa shape index (κ3) is 4.61. The van der Waals surface area contributed by atoms with E-state index in [4.69, 9.17) is 4.74 Å². The number of rotatable bonds is 7. The maximum absolute atomic E-state index is 6.07. The SMILES string of the molecule is CCCNCc1ccc(C)c(Oc2cccc(CC)c2)c1. The van der Waals surface area contributed by atoms with Crippen molar-refractivity contribution < 1.29 is 4.74 Å². The van der Waals surface area contributed by atoms with Crippen molar-refractivity contribution in [1.29, 1.82) is 0 Å². The monoisotopic (exact) mass is 283 g/mol. The van der Waals surface area contributed by atoms with Crippen molar-refractivity contribution in [3.8, 4) is 11.5 Å². The number of aryl methyl sites for hydroxylation is 2. The molecule has 2 heteroatoms. The van der Waals surface area contributed by atoms with Crippen LogP contribution in [-0.2, 0) is 13.0 Å². The predicted molar refractivity (Wildman–Crippen MR) is 89.1 cm³/mol. The van der Waals surface area contributed by atoms with Gasteiger partial charge in [-0.05, 0) is 61.2 Å². The fourth-order valence-electron chi connectivity index (χ4n) is 2.23. The first-order chi connectivity index (χ1) is 10.2. The van der Waals surface area contributed by atoms with E-state index in [9.17, 15) is 0 Å². The first-order valence-electron chi connectivity index (χ1n) is 7.80. The van der Waals surface area contributed by atoms with Crippen LogP contribution in [0.15, 0.2) is 42.5 Å². The van der Waals surface area contributed by atoms with Crippen molar-refractivity contribution in [2.24, 2.45) is 0 Å². The summed E-state index contributed by atoms with van der Waals surface area (Å²) in [7, 11) is 0. The summed E-state index contributed by atoms with van der Waals surface area (Å²) in [5.41, 5.74) is 3.72. The zero-order valence-electron chi connectivity index (χ0n) is 13.3. The molecule has 2 aromatic rings. The molecular weight excluding hydrogens is 258 g/mol. The van der Waals surface area contributed by atoms with Gasteiger partial charge >= 0.3 is 0 Å². The molecule has 2 aromatic carbocycles. The van der Waals surface area contributed by atoms with E-state index in [2.05, 4.69) is 62.5 Å². The molecule has 1 N–H and O–H groups in total. The van der Waals surface area contributed by atoms with Gasteiger partial charge < -0.3 is 10.1 Å². The number of benzene rings is 2. The van der Waals surface area contributed by atoms with Crippen LogP contribution < -0.4 is 10.1 Å². The predicted octanol–water partition coefficient (Wildman–Crippen LogP) is 4.85. The lowest BCUT2D eigenvalue weighted by atomic mass is 10.1. The zero-order valence-corrected chi connectivity index (χ0v) is 13.3. The van der Waals surface area contributed by atoms with Crippen LogP contribution in [-0.4, -0.2) is 6.54 Å². The molecule has 2 nitrogen and oxygen atoms in total. The second kappa shape index (κ2) is 7.84. The van der Waals surface area contributed by atoms with Crippen molar-refractivity contribution in [1.82, 2.24) is 5.32 Å². The molecule has 0 amide bonds. The lowest BCUT2D eigenvalue weighted by molar-refractivity contribution is 0.477. The Bertz CT molecular complexity index is 578. The fourth-order valence-corrected chi connectivity index (χ4v) is 2.23. The van der Waals surface area contributed by atoms with Gasteiger partial charge in [0.25, 0.3) is 0 Å². The van der Waals surface area contributed by atoms with Crippen molar-refractivity contribution in [3.05, 3.63) is 59.2 Å². The number of nitrogens with one attached hydrogen (secondary N) is 1. The average Bonchev–Trinajstić information content (AvgIpc) is 2.51. The standard InChI is InChI=1S/C19H25NO/c1-4-11-20-14-17-10-9-15(3)19(13-17)21-18-8-6-7-16(5-2)12-18/h6-10,12-13,20H,4-5,11,14H2,1-3H3. The van der Waals surface area contributed by atoms with Gasteiger partial charge in [-0.25, -0.2) is 0 Å². The normalized spacial score (nSPS) is 10.6. The molecule has 0 aromatic heterocycles. The third-order valence-electron chi connectivity index (χ3n) is 3.54. The minimum Gasteiger partial charge on any atom is -0.457 e. The van der Waals surface area contributed by atoms with Gasteiger partial charge in [0.2, 0.25) is 0 Å². The molecule has 112 valence electrons. The van der Waals surface area contributed by atoms with Gasteiger partial charge in [0.05, 0.1) is 0 Å². The Hall–Kier alpha value is -1.80. The quantitative estimate of drug-likeness (QED) is 0.733. The summed E-state index contributed by atoms with van der Waals surface area (Å²) in [5, 5.41) is 3.42. The Morgan fingerprint density at radius 1 is 1.00 bits per heavy atom. The zero-order chi connectivity index (χ0) is 15.1. The van der Waals surface area contributed by atoms with Gasteiger partial charge in [-0.1, -0.05) is 38.1 Å². The van der Waals surface area contributed by atoms with Crippen LogP contribution in [0.2, 0.25) is 0 Å². The van der Waals surface area contributed by atoms with Gasteiger partial charge in [0, 0.05) is 6.54 Å². The molecule has 0 unspecified atom stereocenters. The molecule has 2 rings (SSSR count). The minimum absolute atomic E-state index is 0.888. The largest absolute Gasteiger partial charge is 0.457 e. The van der Waals surface area contributed by atoms with E-state index in [0.29, 0.717) is 0 Å². The second-order valence-electron chi connectivity index (χ2n) is 5.38. The van der Waals surface area contributed by atoms with Gasteiger partial charge in [-0.3, -0.25) is 0 Å². The highest BCUT2D eigenvalue weighted by Gasteiger charge is 2.04. The summed E-state index contributed by atoms with van der Waals surface area (Å²) in [6.45, 7) is 8.35. The Balaban J connectivity index is 2.12. The summed E-state index contributed by atoms with van der Waals surface area (Å²) < 4.78 is 6.07. The number of ether oxygens (including phenoxy) is 1. The molecule has 0 radical (unpaired) electrons. The Morgan fingerprint density at radius 3 is 2.62 bits per heavy atom. The second-order valence-corrected chi connectivity index (χ2v) is 5.38. The maximum Gasteiger partial charge on any atom is 0.130 e. The molecule has 0 aliphatic carbocycles. The van der Waals surface area contributed by atoms with Gasteiger partial charge in [0.1, 0.15) is 11.5 Å². The van der Waals surface area contributed by atoms with Crippen LogP contribution in [0.4, 0.5) is 0 Å². The van der Waals surface area contributed by atoms with E-state index in [0.717, 1.165) is 43.0 Å². The maximum atomic E-state index is 6.07. The molecule has 0 bridgehead atoms. The molecule has 0 atom stereocenters. The Kier molecular flexibility index (Phi) is 5.82. The van der Waals surface area contributed by atoms with Crippen LogP contribution in [0.25, 0.3) is 0 Å². The van der Waals surface area contributed by atoms with Crippen molar-refractivity contribution >= 4 is 0 Å². The summed E-state index contributed by atoms with van der Waals surface area (Å²) >= 11 is 0. The molecule has 0 fully saturated rings. The smallest absolute Gasteiger partial charge is 0.130 e. The molecule has 0 saturated carbocycles. The highest BCUT2D eigenvalue weighted by atomic mass is 16.5. The molecule has 0 spiro atoms. The van der Waals surface area contributed by atoms with Crippen LogP contribution in [0.5, 0.6) is 11.5 Å². The van der Waals surface area contributed by atoms with Crippen molar-refractivity contribution in [2.45, 2.75) is 40.2 Å². The van der Waals surface area contributed by atoms with E-state index in [1.807, 2.05) is 6.07 Å². The molecular formula is C19H25NO. The molecule has 0 heterocycles. The van der Waals surface area contributed by atoms with Gasteiger partial charge in [0.15, 0.2) is 0 Å². The first kappa shape index (κ1) is 15.6. The highest BCUT2D eigenvalue weighted by molar-refractivity contribution is 5.41. The van der Waals surface area contributed by atoms with Crippen LogP contribution in [0.1, 0.15) is 37.0 Å². The summed E-state index contributed by atoms with van der Waals surface area (Å²) in [5.74, 6) is 1.86. The lowest BCUT2D eigenvalue weighted by Gasteiger charge is -2.12. The van der Waals surface area contributed by atoms with Crippen LogP contribution in [0, 0.1) is 6.92 Å². The van der Waals surface area contributed by atoms with E-state index in [-0.39, 0.29) is 0 Å².